The third kappa shape index (κ3) is 6.05. The molecule has 3 N–H and O–H groups in total. The molecular formula is C15H31ClN2O3S. The van der Waals surface area contributed by atoms with E-state index in [0.29, 0.717) is 12.8 Å². The number of nitrogens with one attached hydrogen (secondary N) is 1. The van der Waals surface area contributed by atoms with E-state index >= 15 is 0 Å². The highest BCUT2D eigenvalue weighted by atomic mass is 35.5. The number of sulfone groups is 1. The minimum atomic E-state index is -3.44. The van der Waals surface area contributed by atoms with Gasteiger partial charge in [0.2, 0.25) is 5.91 Å². The van der Waals surface area contributed by atoms with E-state index in [1.807, 2.05) is 0 Å². The predicted molar refractivity (Wildman–Crippen MR) is 92.9 cm³/mol. The van der Waals surface area contributed by atoms with Crippen molar-refractivity contribution in [3.63, 3.8) is 0 Å². The van der Waals surface area contributed by atoms with Gasteiger partial charge in [-0.2, -0.15) is 0 Å². The number of amides is 1. The SMILES string of the molecule is CC(C)C(C(=O)NCC(C)(C)N)S(=O)(=O)C1CCCCC1.Cl. The number of hydrogen-bond acceptors (Lipinski definition) is 4. The average Bonchev–Trinajstić information content (AvgIpc) is 2.36. The summed E-state index contributed by atoms with van der Waals surface area (Å²) >= 11 is 0. The van der Waals surface area contributed by atoms with Crippen LogP contribution in [0, 0.1) is 5.92 Å². The van der Waals surface area contributed by atoms with Crippen LogP contribution in [0.1, 0.15) is 59.8 Å². The van der Waals surface area contributed by atoms with Crippen LogP contribution in [0.2, 0.25) is 0 Å². The first kappa shape index (κ1) is 21.7. The van der Waals surface area contributed by atoms with Crippen LogP contribution >= 0.6 is 12.4 Å². The minimum Gasteiger partial charge on any atom is -0.353 e. The molecule has 1 saturated carbocycles. The van der Waals surface area contributed by atoms with Crippen LogP contribution in [0.25, 0.3) is 0 Å². The van der Waals surface area contributed by atoms with Gasteiger partial charge < -0.3 is 11.1 Å². The molecule has 0 saturated heterocycles. The lowest BCUT2D eigenvalue weighted by Gasteiger charge is -2.29. The quantitative estimate of drug-likeness (QED) is 0.763. The van der Waals surface area contributed by atoms with E-state index in [-0.39, 0.29) is 30.1 Å². The predicted octanol–water partition coefficient (Wildman–Crippen LogP) is 2.03. The molecule has 1 aliphatic carbocycles. The van der Waals surface area contributed by atoms with Crippen molar-refractivity contribution in [1.82, 2.24) is 5.32 Å². The van der Waals surface area contributed by atoms with Gasteiger partial charge in [-0.1, -0.05) is 33.1 Å². The molecule has 0 spiro atoms. The van der Waals surface area contributed by atoms with Crippen molar-refractivity contribution in [2.24, 2.45) is 11.7 Å². The molecular weight excluding hydrogens is 324 g/mol. The highest BCUT2D eigenvalue weighted by Crippen LogP contribution is 2.29. The second-order valence-electron chi connectivity index (χ2n) is 7.22. The molecule has 0 bridgehead atoms. The number of halogens is 1. The van der Waals surface area contributed by atoms with Crippen molar-refractivity contribution in [1.29, 1.82) is 0 Å². The fraction of sp³-hybridized carbons (Fsp3) is 0.933. The Morgan fingerprint density at radius 2 is 1.73 bits per heavy atom. The van der Waals surface area contributed by atoms with E-state index in [0.717, 1.165) is 19.3 Å². The molecule has 1 unspecified atom stereocenters. The summed E-state index contributed by atoms with van der Waals surface area (Å²) in [6, 6.07) is 0. The largest absolute Gasteiger partial charge is 0.353 e. The van der Waals surface area contributed by atoms with Crippen LogP contribution < -0.4 is 11.1 Å². The van der Waals surface area contributed by atoms with Crippen LogP contribution in [0.4, 0.5) is 0 Å². The lowest BCUT2D eigenvalue weighted by atomic mass is 10.0. The third-order valence-corrected chi connectivity index (χ3v) is 6.82. The Balaban J connectivity index is 0.00000441. The van der Waals surface area contributed by atoms with Gasteiger partial charge in [-0.25, -0.2) is 8.42 Å². The van der Waals surface area contributed by atoms with Crippen molar-refractivity contribution in [2.45, 2.75) is 75.8 Å². The molecule has 132 valence electrons. The number of carbonyl (C=O) groups excluding carboxylic acids is 1. The fourth-order valence-corrected chi connectivity index (χ4v) is 5.39. The second kappa shape index (κ2) is 8.50. The summed E-state index contributed by atoms with van der Waals surface area (Å²) in [5, 5.41) is 1.37. The lowest BCUT2D eigenvalue weighted by Crippen LogP contribution is -2.52. The Hall–Kier alpha value is -0.330. The lowest BCUT2D eigenvalue weighted by molar-refractivity contribution is -0.121. The maximum absolute atomic E-state index is 12.8. The van der Waals surface area contributed by atoms with Crippen molar-refractivity contribution >= 4 is 28.2 Å². The monoisotopic (exact) mass is 354 g/mol. The van der Waals surface area contributed by atoms with E-state index in [4.69, 9.17) is 5.73 Å². The van der Waals surface area contributed by atoms with E-state index in [9.17, 15) is 13.2 Å². The molecule has 0 aromatic carbocycles. The van der Waals surface area contributed by atoms with Crippen LogP contribution in [-0.4, -0.2) is 36.9 Å². The molecule has 0 aliphatic heterocycles. The molecule has 0 aromatic heterocycles. The summed E-state index contributed by atoms with van der Waals surface area (Å²) < 4.78 is 25.6. The number of carbonyl (C=O) groups is 1. The second-order valence-corrected chi connectivity index (χ2v) is 9.57. The van der Waals surface area contributed by atoms with Crippen molar-refractivity contribution in [3.05, 3.63) is 0 Å². The maximum atomic E-state index is 12.8. The highest BCUT2D eigenvalue weighted by molar-refractivity contribution is 7.93. The molecule has 1 atom stereocenters. The molecule has 5 nitrogen and oxygen atoms in total. The Morgan fingerprint density at radius 1 is 1.23 bits per heavy atom. The Bertz CT molecular complexity index is 452. The zero-order valence-corrected chi connectivity index (χ0v) is 15.7. The number of rotatable bonds is 6. The normalized spacial score (nSPS) is 18.6. The topological polar surface area (TPSA) is 89.3 Å². The smallest absolute Gasteiger partial charge is 0.238 e. The van der Waals surface area contributed by atoms with Gasteiger partial charge in [0.05, 0.1) is 5.25 Å². The molecule has 0 radical (unpaired) electrons. The average molecular weight is 355 g/mol. The van der Waals surface area contributed by atoms with Gasteiger partial charge in [0.25, 0.3) is 0 Å². The van der Waals surface area contributed by atoms with Gasteiger partial charge in [0.15, 0.2) is 9.84 Å². The summed E-state index contributed by atoms with van der Waals surface area (Å²) in [4.78, 5) is 12.4. The van der Waals surface area contributed by atoms with Gasteiger partial charge in [-0.15, -0.1) is 12.4 Å². The summed E-state index contributed by atoms with van der Waals surface area (Å²) in [5.74, 6) is -0.646. The van der Waals surface area contributed by atoms with Gasteiger partial charge in [0.1, 0.15) is 5.25 Å². The first-order chi connectivity index (χ1) is 9.55. The molecule has 1 amide bonds. The van der Waals surface area contributed by atoms with E-state index < -0.39 is 26.5 Å². The molecule has 1 fully saturated rings. The summed E-state index contributed by atoms with van der Waals surface area (Å²) in [5.41, 5.74) is 5.30. The fourth-order valence-electron chi connectivity index (χ4n) is 2.85. The summed E-state index contributed by atoms with van der Waals surface area (Å²) in [6.45, 7) is 7.45. The van der Waals surface area contributed by atoms with Crippen molar-refractivity contribution < 1.29 is 13.2 Å². The first-order valence-electron chi connectivity index (χ1n) is 7.85. The molecule has 1 rings (SSSR count). The van der Waals surface area contributed by atoms with Crippen molar-refractivity contribution in [3.8, 4) is 0 Å². The van der Waals surface area contributed by atoms with Crippen LogP contribution in [-0.2, 0) is 14.6 Å². The van der Waals surface area contributed by atoms with Gasteiger partial charge >= 0.3 is 0 Å². The molecule has 0 heterocycles. The van der Waals surface area contributed by atoms with E-state index in [1.165, 1.54) is 0 Å². The maximum Gasteiger partial charge on any atom is 0.238 e. The van der Waals surface area contributed by atoms with E-state index in [1.54, 1.807) is 27.7 Å². The van der Waals surface area contributed by atoms with E-state index in [2.05, 4.69) is 5.32 Å². The highest BCUT2D eigenvalue weighted by Gasteiger charge is 2.41. The Kier molecular flexibility index (Phi) is 8.37. The van der Waals surface area contributed by atoms with Crippen LogP contribution in [0.5, 0.6) is 0 Å². The van der Waals surface area contributed by atoms with Gasteiger partial charge in [-0.05, 0) is 32.6 Å². The summed E-state index contributed by atoms with van der Waals surface area (Å²) in [7, 11) is -3.44. The Labute approximate surface area is 141 Å². The number of hydrogen-bond donors (Lipinski definition) is 2. The number of nitrogens with two attached hydrogens (primary N) is 1. The third-order valence-electron chi connectivity index (χ3n) is 3.95. The van der Waals surface area contributed by atoms with Crippen molar-refractivity contribution in [2.75, 3.05) is 6.54 Å². The molecule has 7 heteroatoms. The molecule has 0 aromatic rings. The first-order valence-corrected chi connectivity index (χ1v) is 9.46. The standard InChI is InChI=1S/C15H30N2O3S.ClH/c1-11(2)13(14(18)17-10-15(3,4)16)21(19,20)12-8-6-5-7-9-12;/h11-13H,5-10,16H2,1-4H3,(H,17,18);1H. The Morgan fingerprint density at radius 3 is 2.14 bits per heavy atom. The van der Waals surface area contributed by atoms with Crippen LogP contribution in [0.15, 0.2) is 0 Å². The zero-order valence-electron chi connectivity index (χ0n) is 14.1. The van der Waals surface area contributed by atoms with Crippen LogP contribution in [0.3, 0.4) is 0 Å². The zero-order chi connectivity index (χ0) is 16.3. The molecule has 1 aliphatic rings. The minimum absolute atomic E-state index is 0. The summed E-state index contributed by atoms with van der Waals surface area (Å²) in [6.07, 6.45) is 4.33. The van der Waals surface area contributed by atoms with Gasteiger partial charge in [0, 0.05) is 12.1 Å². The molecule has 22 heavy (non-hydrogen) atoms. The van der Waals surface area contributed by atoms with Gasteiger partial charge in [-0.3, -0.25) is 4.79 Å².